The van der Waals surface area contributed by atoms with Crippen molar-refractivity contribution in [2.75, 3.05) is 0 Å². The number of fused-ring (bicyclic) bond motifs is 1. The summed E-state index contributed by atoms with van der Waals surface area (Å²) in [5.74, 6) is -1.31. The lowest BCUT2D eigenvalue weighted by molar-refractivity contribution is 0.0696. The molecule has 3 aromatic rings. The quantitative estimate of drug-likeness (QED) is 0.713. The zero-order valence-electron chi connectivity index (χ0n) is 10.6. The number of aromatic nitrogens is 2. The summed E-state index contributed by atoms with van der Waals surface area (Å²) in [6.07, 6.45) is 0. The molecule has 0 fully saturated rings. The van der Waals surface area contributed by atoms with E-state index < -0.39 is 11.5 Å². The minimum Gasteiger partial charge on any atom is -0.477 e. The summed E-state index contributed by atoms with van der Waals surface area (Å²) in [7, 11) is 0. The first-order chi connectivity index (χ1) is 10.1. The molecule has 2 aromatic heterocycles. The Balaban J connectivity index is 2.53. The maximum absolute atomic E-state index is 12.1. The maximum atomic E-state index is 12.1. The van der Waals surface area contributed by atoms with E-state index in [1.165, 1.54) is 6.07 Å². The van der Waals surface area contributed by atoms with Crippen molar-refractivity contribution < 1.29 is 9.90 Å². The number of aromatic carboxylic acids is 1. The standard InChI is InChI=1S/C15H9ClN2O3/c16-10-7-6-9-13(18-10)11(8-4-2-1-3-5-8)12(15(20)21)14(19)17-9/h1-7H,(H,17,19)(H,20,21). The van der Waals surface area contributed by atoms with Crippen molar-refractivity contribution in [2.45, 2.75) is 0 Å². The first-order valence-electron chi connectivity index (χ1n) is 6.09. The predicted octanol–water partition coefficient (Wildman–Crippen LogP) is 2.94. The second kappa shape index (κ2) is 5.03. The lowest BCUT2D eigenvalue weighted by atomic mass is 9.99. The van der Waals surface area contributed by atoms with Gasteiger partial charge in [0.2, 0.25) is 0 Å². The molecule has 21 heavy (non-hydrogen) atoms. The zero-order valence-corrected chi connectivity index (χ0v) is 11.4. The monoisotopic (exact) mass is 300 g/mol. The predicted molar refractivity (Wildman–Crippen MR) is 79.8 cm³/mol. The molecule has 5 nitrogen and oxygen atoms in total. The highest BCUT2D eigenvalue weighted by Gasteiger charge is 2.20. The summed E-state index contributed by atoms with van der Waals surface area (Å²) in [5, 5.41) is 9.58. The van der Waals surface area contributed by atoms with Gasteiger partial charge < -0.3 is 10.1 Å². The third-order valence-corrected chi connectivity index (χ3v) is 3.31. The molecule has 0 aliphatic carbocycles. The topological polar surface area (TPSA) is 83.0 Å². The molecule has 2 heterocycles. The fraction of sp³-hybridized carbons (Fsp3) is 0. The van der Waals surface area contributed by atoms with Gasteiger partial charge in [-0.1, -0.05) is 41.9 Å². The highest BCUT2D eigenvalue weighted by atomic mass is 35.5. The molecule has 0 saturated carbocycles. The van der Waals surface area contributed by atoms with E-state index in [4.69, 9.17) is 11.6 Å². The van der Waals surface area contributed by atoms with Crippen LogP contribution in [0.4, 0.5) is 0 Å². The van der Waals surface area contributed by atoms with E-state index in [0.717, 1.165) is 0 Å². The largest absolute Gasteiger partial charge is 0.477 e. The molecule has 0 saturated heterocycles. The van der Waals surface area contributed by atoms with Gasteiger partial charge in [-0.2, -0.15) is 0 Å². The van der Waals surface area contributed by atoms with E-state index >= 15 is 0 Å². The Kier molecular flexibility index (Phi) is 3.19. The Bertz CT molecular complexity index is 904. The first-order valence-corrected chi connectivity index (χ1v) is 6.47. The van der Waals surface area contributed by atoms with Gasteiger partial charge in [0.05, 0.1) is 11.0 Å². The van der Waals surface area contributed by atoms with Gasteiger partial charge in [-0.15, -0.1) is 0 Å². The number of carbonyl (C=O) groups is 1. The van der Waals surface area contributed by atoms with Crippen LogP contribution in [0.1, 0.15) is 10.4 Å². The van der Waals surface area contributed by atoms with Gasteiger partial charge >= 0.3 is 5.97 Å². The van der Waals surface area contributed by atoms with Crippen molar-refractivity contribution in [3.63, 3.8) is 0 Å². The Morgan fingerprint density at radius 3 is 2.52 bits per heavy atom. The van der Waals surface area contributed by atoms with E-state index in [9.17, 15) is 14.7 Å². The molecule has 1 aromatic carbocycles. The van der Waals surface area contributed by atoms with E-state index in [2.05, 4.69) is 9.97 Å². The normalized spacial score (nSPS) is 10.7. The SMILES string of the molecule is O=C(O)c1c(-c2ccccc2)c2nc(Cl)ccc2[nH]c1=O. The number of nitrogens with one attached hydrogen (secondary N) is 1. The number of carboxylic acid groups (broad SMARTS) is 1. The Morgan fingerprint density at radius 1 is 1.14 bits per heavy atom. The average Bonchev–Trinajstić information content (AvgIpc) is 2.47. The molecule has 0 aliphatic rings. The third-order valence-electron chi connectivity index (χ3n) is 3.10. The maximum Gasteiger partial charge on any atom is 0.342 e. The summed E-state index contributed by atoms with van der Waals surface area (Å²) >= 11 is 5.90. The lowest BCUT2D eigenvalue weighted by Crippen LogP contribution is -2.19. The highest BCUT2D eigenvalue weighted by Crippen LogP contribution is 2.29. The lowest BCUT2D eigenvalue weighted by Gasteiger charge is -2.09. The molecular weight excluding hydrogens is 292 g/mol. The molecular formula is C15H9ClN2O3. The van der Waals surface area contributed by atoms with Gasteiger partial charge in [-0.3, -0.25) is 4.79 Å². The Labute approximate surface area is 123 Å². The summed E-state index contributed by atoms with van der Waals surface area (Å²) in [6.45, 7) is 0. The van der Waals surface area contributed by atoms with Crippen LogP contribution in [0.25, 0.3) is 22.2 Å². The van der Waals surface area contributed by atoms with Gasteiger partial charge in [-0.05, 0) is 17.7 Å². The van der Waals surface area contributed by atoms with Crippen LogP contribution in [0.15, 0.2) is 47.3 Å². The highest BCUT2D eigenvalue weighted by molar-refractivity contribution is 6.30. The number of hydrogen-bond acceptors (Lipinski definition) is 3. The molecule has 0 bridgehead atoms. The average molecular weight is 301 g/mol. The van der Waals surface area contributed by atoms with Crippen molar-refractivity contribution in [1.29, 1.82) is 0 Å². The van der Waals surface area contributed by atoms with Crippen LogP contribution in [-0.2, 0) is 0 Å². The van der Waals surface area contributed by atoms with Crippen molar-refractivity contribution in [2.24, 2.45) is 0 Å². The molecule has 6 heteroatoms. The number of pyridine rings is 2. The number of halogens is 1. The molecule has 0 spiro atoms. The van der Waals surface area contributed by atoms with E-state index in [1.807, 2.05) is 0 Å². The van der Waals surface area contributed by atoms with Crippen LogP contribution >= 0.6 is 11.6 Å². The van der Waals surface area contributed by atoms with Gasteiger partial charge in [0.1, 0.15) is 10.7 Å². The van der Waals surface area contributed by atoms with Crippen LogP contribution < -0.4 is 5.56 Å². The third kappa shape index (κ3) is 2.28. The number of carboxylic acids is 1. The Hall–Kier alpha value is -2.66. The van der Waals surface area contributed by atoms with Gasteiger partial charge in [-0.25, -0.2) is 9.78 Å². The zero-order chi connectivity index (χ0) is 15.0. The second-order valence-electron chi connectivity index (χ2n) is 4.41. The van der Waals surface area contributed by atoms with Gasteiger partial charge in [0, 0.05) is 5.56 Å². The number of rotatable bonds is 2. The number of H-pyrrole nitrogens is 1. The van der Waals surface area contributed by atoms with Crippen molar-refractivity contribution in [3.8, 4) is 11.1 Å². The molecule has 3 rings (SSSR count). The summed E-state index contributed by atoms with van der Waals surface area (Å²) in [5.41, 5.74) is 0.644. The summed E-state index contributed by atoms with van der Waals surface area (Å²) in [6, 6.07) is 11.9. The van der Waals surface area contributed by atoms with E-state index in [0.29, 0.717) is 16.6 Å². The molecule has 2 N–H and O–H groups in total. The van der Waals surface area contributed by atoms with Crippen LogP contribution in [0, 0.1) is 0 Å². The van der Waals surface area contributed by atoms with Crippen molar-refractivity contribution in [1.82, 2.24) is 9.97 Å². The van der Waals surface area contributed by atoms with Crippen LogP contribution in [0.3, 0.4) is 0 Å². The van der Waals surface area contributed by atoms with Crippen LogP contribution in [-0.4, -0.2) is 21.0 Å². The van der Waals surface area contributed by atoms with Crippen molar-refractivity contribution >= 4 is 28.6 Å². The fourth-order valence-corrected chi connectivity index (χ4v) is 2.38. The Morgan fingerprint density at radius 2 is 1.86 bits per heavy atom. The molecule has 0 aliphatic heterocycles. The van der Waals surface area contributed by atoms with Gasteiger partial charge in [0.15, 0.2) is 0 Å². The minimum absolute atomic E-state index is 0.225. The summed E-state index contributed by atoms with van der Waals surface area (Å²) in [4.78, 5) is 30.2. The molecule has 0 radical (unpaired) electrons. The molecule has 0 atom stereocenters. The van der Waals surface area contributed by atoms with Gasteiger partial charge in [0.25, 0.3) is 5.56 Å². The molecule has 0 amide bonds. The number of hydrogen-bond donors (Lipinski definition) is 2. The second-order valence-corrected chi connectivity index (χ2v) is 4.79. The van der Waals surface area contributed by atoms with E-state index in [1.54, 1.807) is 36.4 Å². The molecule has 104 valence electrons. The first kappa shape index (κ1) is 13.3. The number of aromatic amines is 1. The number of benzene rings is 1. The fourth-order valence-electron chi connectivity index (χ4n) is 2.23. The number of nitrogens with zero attached hydrogens (tertiary/aromatic N) is 1. The van der Waals surface area contributed by atoms with E-state index in [-0.39, 0.29) is 16.3 Å². The molecule has 0 unspecified atom stereocenters. The summed E-state index contributed by atoms with van der Waals surface area (Å²) < 4.78 is 0. The minimum atomic E-state index is -1.31. The van der Waals surface area contributed by atoms with Crippen molar-refractivity contribution in [3.05, 3.63) is 63.5 Å². The smallest absolute Gasteiger partial charge is 0.342 e. The van der Waals surface area contributed by atoms with Crippen LogP contribution in [0.5, 0.6) is 0 Å². The van der Waals surface area contributed by atoms with Crippen LogP contribution in [0.2, 0.25) is 5.15 Å².